The maximum atomic E-state index is 12.7. The van der Waals surface area contributed by atoms with Crippen molar-refractivity contribution in [1.29, 1.82) is 0 Å². The van der Waals surface area contributed by atoms with E-state index >= 15 is 0 Å². The molecule has 1 aliphatic heterocycles. The minimum Gasteiger partial charge on any atom is -0.383 e. The molecule has 0 saturated heterocycles. The van der Waals surface area contributed by atoms with Crippen LogP contribution in [0.2, 0.25) is 5.02 Å². The van der Waals surface area contributed by atoms with E-state index in [2.05, 4.69) is 0 Å². The lowest BCUT2D eigenvalue weighted by Gasteiger charge is -2.13. The standard InChI is InChI=1S/C16H17ClN2O2S2/c1-21-7-6-19-15(20)14-13(5-8-22-14)18-16(19)23-10-11-3-2-4-12(17)9-11/h2-4,9H,5-8,10H2,1H3. The zero-order valence-electron chi connectivity index (χ0n) is 12.8. The maximum Gasteiger partial charge on any atom is 0.268 e. The first-order valence-electron chi connectivity index (χ1n) is 7.31. The molecule has 4 nitrogen and oxygen atoms in total. The monoisotopic (exact) mass is 368 g/mol. The van der Waals surface area contributed by atoms with Crippen molar-refractivity contribution in [3.8, 4) is 0 Å². The van der Waals surface area contributed by atoms with Crippen LogP contribution in [0.1, 0.15) is 11.3 Å². The highest BCUT2D eigenvalue weighted by Gasteiger charge is 2.21. The van der Waals surface area contributed by atoms with E-state index in [1.165, 1.54) is 0 Å². The number of nitrogens with zero attached hydrogens (tertiary/aromatic N) is 2. The molecule has 7 heteroatoms. The molecule has 0 radical (unpaired) electrons. The Kier molecular flexibility index (Phi) is 5.69. The summed E-state index contributed by atoms with van der Waals surface area (Å²) in [7, 11) is 1.64. The topological polar surface area (TPSA) is 44.1 Å². The predicted octanol–water partition coefficient (Wildman–Crippen LogP) is 3.48. The van der Waals surface area contributed by atoms with E-state index in [9.17, 15) is 4.79 Å². The number of benzene rings is 1. The van der Waals surface area contributed by atoms with E-state index in [0.29, 0.717) is 13.2 Å². The van der Waals surface area contributed by atoms with Crippen LogP contribution in [-0.4, -0.2) is 29.0 Å². The molecule has 0 bridgehead atoms. The Bertz CT molecular complexity index is 764. The summed E-state index contributed by atoms with van der Waals surface area (Å²) in [6.07, 6.45) is 0.866. The number of hydrogen-bond donors (Lipinski definition) is 0. The van der Waals surface area contributed by atoms with E-state index in [4.69, 9.17) is 21.3 Å². The van der Waals surface area contributed by atoms with Gasteiger partial charge in [-0.2, -0.15) is 0 Å². The molecular weight excluding hydrogens is 352 g/mol. The molecule has 2 aromatic rings. The molecule has 0 N–H and O–H groups in total. The van der Waals surface area contributed by atoms with Crippen LogP contribution < -0.4 is 5.56 Å². The summed E-state index contributed by atoms with van der Waals surface area (Å²) in [4.78, 5) is 18.2. The van der Waals surface area contributed by atoms with Gasteiger partial charge in [0.15, 0.2) is 5.16 Å². The van der Waals surface area contributed by atoms with Crippen LogP contribution in [0.3, 0.4) is 0 Å². The van der Waals surface area contributed by atoms with Gasteiger partial charge >= 0.3 is 0 Å². The molecule has 1 aromatic carbocycles. The fourth-order valence-electron chi connectivity index (χ4n) is 2.39. The summed E-state index contributed by atoms with van der Waals surface area (Å²) in [5.74, 6) is 1.66. The largest absolute Gasteiger partial charge is 0.383 e. The van der Waals surface area contributed by atoms with Crippen molar-refractivity contribution in [1.82, 2.24) is 9.55 Å². The lowest BCUT2D eigenvalue weighted by molar-refractivity contribution is 0.182. The molecule has 1 aliphatic rings. The van der Waals surface area contributed by atoms with Gasteiger partial charge in [0.2, 0.25) is 0 Å². The molecule has 3 rings (SSSR count). The summed E-state index contributed by atoms with van der Waals surface area (Å²) < 4.78 is 6.86. The molecule has 0 atom stereocenters. The smallest absolute Gasteiger partial charge is 0.268 e. The molecule has 0 unspecified atom stereocenters. The van der Waals surface area contributed by atoms with Crippen LogP contribution in [-0.2, 0) is 23.5 Å². The first kappa shape index (κ1) is 16.9. The van der Waals surface area contributed by atoms with Crippen LogP contribution in [0.15, 0.2) is 39.1 Å². The van der Waals surface area contributed by atoms with Gasteiger partial charge in [0.1, 0.15) is 0 Å². The lowest BCUT2D eigenvalue weighted by atomic mass is 10.2. The minimum atomic E-state index is 0.0585. The Hall–Kier alpha value is -0.950. The third-order valence-corrected chi connectivity index (χ3v) is 5.91. The van der Waals surface area contributed by atoms with Gasteiger partial charge in [-0.05, 0) is 17.7 Å². The van der Waals surface area contributed by atoms with Crippen molar-refractivity contribution in [3.05, 3.63) is 50.9 Å². The summed E-state index contributed by atoms with van der Waals surface area (Å²) in [5, 5.41) is 1.48. The molecule has 2 heterocycles. The van der Waals surface area contributed by atoms with E-state index in [1.807, 2.05) is 24.3 Å². The number of aryl methyl sites for hydroxylation is 1. The second kappa shape index (κ2) is 7.75. The Morgan fingerprint density at radius 1 is 1.48 bits per heavy atom. The van der Waals surface area contributed by atoms with Gasteiger partial charge < -0.3 is 4.74 Å². The summed E-state index contributed by atoms with van der Waals surface area (Å²) in [6, 6.07) is 7.76. The fourth-order valence-corrected chi connectivity index (χ4v) is 4.63. The number of halogens is 1. The molecule has 0 spiro atoms. The second-order valence-corrected chi connectivity index (χ2v) is 7.62. The lowest BCUT2D eigenvalue weighted by Crippen LogP contribution is -2.27. The molecule has 0 fully saturated rings. The van der Waals surface area contributed by atoms with Gasteiger partial charge in [-0.3, -0.25) is 9.36 Å². The van der Waals surface area contributed by atoms with Crippen molar-refractivity contribution < 1.29 is 4.74 Å². The van der Waals surface area contributed by atoms with Crippen LogP contribution >= 0.6 is 35.1 Å². The number of rotatable bonds is 6. The number of aromatic nitrogens is 2. The summed E-state index contributed by atoms with van der Waals surface area (Å²) in [5.41, 5.74) is 2.11. The highest BCUT2D eigenvalue weighted by molar-refractivity contribution is 7.99. The molecular formula is C16H17ClN2O2S2. The predicted molar refractivity (Wildman–Crippen MR) is 95.8 cm³/mol. The van der Waals surface area contributed by atoms with Gasteiger partial charge in [0.05, 0.1) is 23.7 Å². The SMILES string of the molecule is COCCn1c(SCc2cccc(Cl)c2)nc2c(c1=O)SCC2. The molecule has 122 valence electrons. The van der Waals surface area contributed by atoms with E-state index < -0.39 is 0 Å². The molecule has 0 aliphatic carbocycles. The average molecular weight is 369 g/mol. The van der Waals surface area contributed by atoms with Crippen molar-refractivity contribution in [2.75, 3.05) is 19.5 Å². The fraction of sp³-hybridized carbons (Fsp3) is 0.375. The highest BCUT2D eigenvalue weighted by Crippen LogP contribution is 2.29. The van der Waals surface area contributed by atoms with Gasteiger partial charge in [-0.15, -0.1) is 11.8 Å². The Balaban J connectivity index is 1.87. The van der Waals surface area contributed by atoms with E-state index in [1.54, 1.807) is 35.2 Å². The average Bonchev–Trinajstić information content (AvgIpc) is 3.01. The molecule has 0 amide bonds. The van der Waals surface area contributed by atoms with E-state index in [-0.39, 0.29) is 5.56 Å². The van der Waals surface area contributed by atoms with Crippen LogP contribution in [0.25, 0.3) is 0 Å². The third kappa shape index (κ3) is 3.94. The normalized spacial score (nSPS) is 13.3. The zero-order chi connectivity index (χ0) is 16.2. The molecule has 0 saturated carbocycles. The molecule has 1 aromatic heterocycles. The van der Waals surface area contributed by atoms with Crippen LogP contribution in [0, 0.1) is 0 Å². The second-order valence-electron chi connectivity index (χ2n) is 5.14. The third-order valence-electron chi connectivity index (χ3n) is 3.52. The Morgan fingerprint density at radius 2 is 2.35 bits per heavy atom. The van der Waals surface area contributed by atoms with Crippen LogP contribution in [0.4, 0.5) is 0 Å². The molecule has 23 heavy (non-hydrogen) atoms. The highest BCUT2D eigenvalue weighted by atomic mass is 35.5. The summed E-state index contributed by atoms with van der Waals surface area (Å²) >= 11 is 9.20. The Morgan fingerprint density at radius 3 is 3.13 bits per heavy atom. The number of thioether (sulfide) groups is 2. The number of hydrogen-bond acceptors (Lipinski definition) is 5. The number of fused-ring (bicyclic) bond motifs is 1. The Labute approximate surface area is 148 Å². The minimum absolute atomic E-state index is 0.0585. The van der Waals surface area contributed by atoms with Crippen molar-refractivity contribution >= 4 is 35.1 Å². The quantitative estimate of drug-likeness (QED) is 0.577. The van der Waals surface area contributed by atoms with Gasteiger partial charge in [0.25, 0.3) is 5.56 Å². The first-order chi connectivity index (χ1) is 11.2. The van der Waals surface area contributed by atoms with Gasteiger partial charge in [-0.25, -0.2) is 4.98 Å². The number of ether oxygens (including phenoxy) is 1. The van der Waals surface area contributed by atoms with Gasteiger partial charge in [-0.1, -0.05) is 35.5 Å². The van der Waals surface area contributed by atoms with Crippen molar-refractivity contribution in [2.24, 2.45) is 0 Å². The van der Waals surface area contributed by atoms with Crippen LogP contribution in [0.5, 0.6) is 0 Å². The van der Waals surface area contributed by atoms with Crippen molar-refractivity contribution in [3.63, 3.8) is 0 Å². The van der Waals surface area contributed by atoms with E-state index in [0.717, 1.165) is 44.3 Å². The van der Waals surface area contributed by atoms with Crippen molar-refractivity contribution in [2.45, 2.75) is 28.8 Å². The summed E-state index contributed by atoms with van der Waals surface area (Å²) in [6.45, 7) is 1.02. The number of methoxy groups -OCH3 is 1. The van der Waals surface area contributed by atoms with Gasteiger partial charge in [0, 0.05) is 30.1 Å². The zero-order valence-corrected chi connectivity index (χ0v) is 15.1. The maximum absolute atomic E-state index is 12.7. The first-order valence-corrected chi connectivity index (χ1v) is 9.66.